The molecule has 3 heterocycles. The van der Waals surface area contributed by atoms with Crippen molar-refractivity contribution in [2.24, 2.45) is 7.05 Å². The summed E-state index contributed by atoms with van der Waals surface area (Å²) in [6, 6.07) is 0. The number of amides is 1. The Labute approximate surface area is 156 Å². The minimum Gasteiger partial charge on any atom is -0.369 e. The van der Waals surface area contributed by atoms with Gasteiger partial charge in [0.1, 0.15) is 18.3 Å². The van der Waals surface area contributed by atoms with Gasteiger partial charge in [-0.2, -0.15) is 0 Å². The molecule has 1 atom stereocenters. The third-order valence-electron chi connectivity index (χ3n) is 5.49. The van der Waals surface area contributed by atoms with Crippen LogP contribution in [0.3, 0.4) is 0 Å². The fourth-order valence-electron chi connectivity index (χ4n) is 3.93. The fraction of sp³-hybridized carbons (Fsp3) is 0.842. The molecule has 1 aromatic rings. The molecule has 26 heavy (non-hydrogen) atoms. The monoisotopic (exact) mass is 363 g/mol. The number of rotatable bonds is 6. The molecule has 0 aliphatic carbocycles. The lowest BCUT2D eigenvalue weighted by Crippen LogP contribution is -2.41. The van der Waals surface area contributed by atoms with Crippen molar-refractivity contribution in [1.82, 2.24) is 24.6 Å². The molecule has 2 fully saturated rings. The maximum atomic E-state index is 12.4. The number of aromatic nitrogens is 3. The number of nitrogens with zero attached hydrogens (tertiary/aromatic N) is 5. The molecule has 1 aromatic heterocycles. The van der Waals surface area contributed by atoms with Crippen molar-refractivity contribution >= 4 is 5.91 Å². The number of hydrogen-bond acceptors (Lipinski definition) is 5. The average molecular weight is 364 g/mol. The van der Waals surface area contributed by atoms with Crippen LogP contribution in [-0.2, 0) is 23.1 Å². The molecule has 2 aliphatic rings. The van der Waals surface area contributed by atoms with Gasteiger partial charge in [-0.3, -0.25) is 9.69 Å². The Bertz CT molecular complexity index is 595. The number of carbonyl (C=O) groups is 1. The first-order valence-electron chi connectivity index (χ1n) is 10.0. The quantitative estimate of drug-likeness (QED) is 0.773. The maximum Gasteiger partial charge on any atom is 0.248 e. The van der Waals surface area contributed by atoms with Gasteiger partial charge < -0.3 is 14.2 Å². The molecule has 146 valence electrons. The number of piperidine rings is 2. The van der Waals surface area contributed by atoms with E-state index >= 15 is 0 Å². The second-order valence-corrected chi connectivity index (χ2v) is 7.91. The Morgan fingerprint density at radius 3 is 2.65 bits per heavy atom. The summed E-state index contributed by atoms with van der Waals surface area (Å²) in [6.07, 6.45) is 6.05. The first kappa shape index (κ1) is 19.3. The third-order valence-corrected chi connectivity index (χ3v) is 5.49. The molecule has 1 unspecified atom stereocenters. The zero-order chi connectivity index (χ0) is 18.5. The molecule has 3 rings (SSSR count). The van der Waals surface area contributed by atoms with Crippen molar-refractivity contribution in [2.75, 3.05) is 32.8 Å². The highest BCUT2D eigenvalue weighted by molar-refractivity contribution is 5.77. The van der Waals surface area contributed by atoms with Crippen LogP contribution in [0.4, 0.5) is 0 Å². The largest absolute Gasteiger partial charge is 0.369 e. The van der Waals surface area contributed by atoms with Crippen molar-refractivity contribution < 1.29 is 9.53 Å². The first-order valence-corrected chi connectivity index (χ1v) is 10.0. The van der Waals surface area contributed by atoms with Gasteiger partial charge in [-0.1, -0.05) is 6.42 Å². The van der Waals surface area contributed by atoms with Crippen molar-refractivity contribution in [2.45, 2.75) is 64.5 Å². The van der Waals surface area contributed by atoms with Gasteiger partial charge in [0.05, 0.1) is 12.6 Å². The van der Waals surface area contributed by atoms with E-state index in [9.17, 15) is 4.79 Å². The predicted octanol–water partition coefficient (Wildman–Crippen LogP) is 1.93. The number of ether oxygens (including phenoxy) is 1. The molecule has 0 N–H and O–H groups in total. The van der Waals surface area contributed by atoms with Gasteiger partial charge in [0.15, 0.2) is 0 Å². The third kappa shape index (κ3) is 4.82. The average Bonchev–Trinajstić information content (AvgIpc) is 3.01. The van der Waals surface area contributed by atoms with Gasteiger partial charge in [0.25, 0.3) is 0 Å². The van der Waals surface area contributed by atoms with Gasteiger partial charge in [-0.05, 0) is 52.6 Å². The summed E-state index contributed by atoms with van der Waals surface area (Å²) in [4.78, 5) is 16.8. The molecule has 0 radical (unpaired) electrons. The highest BCUT2D eigenvalue weighted by Gasteiger charge is 2.28. The van der Waals surface area contributed by atoms with Crippen LogP contribution < -0.4 is 0 Å². The molecule has 0 bridgehead atoms. The maximum absolute atomic E-state index is 12.4. The second kappa shape index (κ2) is 8.95. The van der Waals surface area contributed by atoms with Gasteiger partial charge >= 0.3 is 0 Å². The lowest BCUT2D eigenvalue weighted by atomic mass is 9.97. The zero-order valence-electron chi connectivity index (χ0n) is 16.5. The lowest BCUT2D eigenvalue weighted by Gasteiger charge is -2.32. The van der Waals surface area contributed by atoms with E-state index in [1.165, 1.54) is 19.3 Å². The van der Waals surface area contributed by atoms with Crippen LogP contribution in [0.2, 0.25) is 0 Å². The van der Waals surface area contributed by atoms with E-state index in [2.05, 4.69) is 26.7 Å². The van der Waals surface area contributed by atoms with Crippen molar-refractivity contribution in [1.29, 1.82) is 0 Å². The normalized spacial score (nSPS) is 22.2. The van der Waals surface area contributed by atoms with Crippen LogP contribution in [-0.4, -0.2) is 69.4 Å². The molecule has 0 saturated carbocycles. The molecular formula is C19H33N5O2. The molecule has 1 amide bonds. The summed E-state index contributed by atoms with van der Waals surface area (Å²) in [6.45, 7) is 8.80. The SMILES string of the molecule is CC(C)OCC(=O)N1CCCC(c2nnc(CN3CCCCC3)n2C)C1. The Kier molecular flexibility index (Phi) is 6.64. The van der Waals surface area contributed by atoms with E-state index in [-0.39, 0.29) is 24.5 Å². The van der Waals surface area contributed by atoms with Gasteiger partial charge in [0.2, 0.25) is 5.91 Å². The van der Waals surface area contributed by atoms with Crippen LogP contribution in [0.15, 0.2) is 0 Å². The van der Waals surface area contributed by atoms with E-state index in [1.54, 1.807) is 0 Å². The Morgan fingerprint density at radius 1 is 1.15 bits per heavy atom. The zero-order valence-corrected chi connectivity index (χ0v) is 16.5. The van der Waals surface area contributed by atoms with Crippen molar-refractivity contribution in [3.05, 3.63) is 11.6 Å². The number of likely N-dealkylation sites (tertiary alicyclic amines) is 2. The minimum atomic E-state index is 0.0793. The summed E-state index contributed by atoms with van der Waals surface area (Å²) in [5.41, 5.74) is 0. The minimum absolute atomic E-state index is 0.0793. The molecule has 2 aliphatic heterocycles. The van der Waals surface area contributed by atoms with Crippen LogP contribution in [0, 0.1) is 0 Å². The Balaban J connectivity index is 1.60. The smallest absolute Gasteiger partial charge is 0.248 e. The number of carbonyl (C=O) groups excluding carboxylic acids is 1. The van der Waals surface area contributed by atoms with E-state index in [0.717, 1.165) is 57.2 Å². The predicted molar refractivity (Wildman–Crippen MR) is 99.8 cm³/mol. The number of hydrogen-bond donors (Lipinski definition) is 0. The van der Waals surface area contributed by atoms with Gasteiger partial charge in [-0.15, -0.1) is 10.2 Å². The van der Waals surface area contributed by atoms with E-state index in [4.69, 9.17) is 4.74 Å². The van der Waals surface area contributed by atoms with E-state index in [0.29, 0.717) is 0 Å². The van der Waals surface area contributed by atoms with Crippen molar-refractivity contribution in [3.63, 3.8) is 0 Å². The highest BCUT2D eigenvalue weighted by Crippen LogP contribution is 2.26. The molecule has 0 aromatic carbocycles. The van der Waals surface area contributed by atoms with Crippen LogP contribution >= 0.6 is 0 Å². The summed E-state index contributed by atoms with van der Waals surface area (Å²) in [7, 11) is 2.07. The van der Waals surface area contributed by atoms with E-state index < -0.39 is 0 Å². The second-order valence-electron chi connectivity index (χ2n) is 7.91. The molecule has 0 spiro atoms. The fourth-order valence-corrected chi connectivity index (χ4v) is 3.93. The summed E-state index contributed by atoms with van der Waals surface area (Å²) < 4.78 is 7.63. The standard InChI is InChI=1S/C19H33N5O2/c1-15(2)26-14-18(25)24-11-7-8-16(12-24)19-21-20-17(22(19)3)13-23-9-5-4-6-10-23/h15-16H,4-14H2,1-3H3. The first-order chi connectivity index (χ1) is 12.5. The summed E-state index contributed by atoms with van der Waals surface area (Å²) in [5, 5.41) is 8.95. The summed E-state index contributed by atoms with van der Waals surface area (Å²) in [5.74, 6) is 2.39. The Morgan fingerprint density at radius 2 is 1.92 bits per heavy atom. The Hall–Kier alpha value is -1.47. The van der Waals surface area contributed by atoms with E-state index in [1.807, 2.05) is 18.7 Å². The molecule has 7 nitrogen and oxygen atoms in total. The van der Waals surface area contributed by atoms with Crippen molar-refractivity contribution in [3.8, 4) is 0 Å². The lowest BCUT2D eigenvalue weighted by molar-refractivity contribution is -0.138. The van der Waals surface area contributed by atoms with Gasteiger partial charge in [0, 0.05) is 26.1 Å². The van der Waals surface area contributed by atoms with Crippen LogP contribution in [0.25, 0.3) is 0 Å². The topological polar surface area (TPSA) is 63.5 Å². The summed E-state index contributed by atoms with van der Waals surface area (Å²) >= 11 is 0. The molecular weight excluding hydrogens is 330 g/mol. The van der Waals surface area contributed by atoms with Crippen LogP contribution in [0.1, 0.15) is 63.5 Å². The highest BCUT2D eigenvalue weighted by atomic mass is 16.5. The molecule has 7 heteroatoms. The van der Waals surface area contributed by atoms with Gasteiger partial charge in [-0.25, -0.2) is 0 Å². The van der Waals surface area contributed by atoms with Crippen LogP contribution in [0.5, 0.6) is 0 Å². The molecule has 2 saturated heterocycles.